The van der Waals surface area contributed by atoms with Gasteiger partial charge in [-0.25, -0.2) is 9.78 Å². The van der Waals surface area contributed by atoms with Crippen LogP contribution in [0.15, 0.2) is 64.1 Å². The van der Waals surface area contributed by atoms with Crippen LogP contribution in [-0.4, -0.2) is 36.4 Å². The van der Waals surface area contributed by atoms with Gasteiger partial charge in [-0.05, 0) is 32.9 Å². The Morgan fingerprint density at radius 2 is 1.81 bits per heavy atom. The average Bonchev–Trinajstić information content (AvgIpc) is 3.35. The fourth-order valence-electron chi connectivity index (χ4n) is 3.35. The molecule has 12 heteroatoms. The Kier molecular flexibility index (Phi) is 7.37. The highest BCUT2D eigenvalue weighted by molar-refractivity contribution is 5.67. The van der Waals surface area contributed by atoms with E-state index in [4.69, 9.17) is 9.15 Å². The number of alkyl halides is 2. The molecule has 0 atom stereocenters. The first-order chi connectivity index (χ1) is 17.6. The van der Waals surface area contributed by atoms with Gasteiger partial charge in [0.2, 0.25) is 5.89 Å². The molecule has 0 aliphatic rings. The van der Waals surface area contributed by atoms with Crippen molar-refractivity contribution in [2.45, 2.75) is 45.9 Å². The molecule has 1 amide bonds. The van der Waals surface area contributed by atoms with E-state index in [0.29, 0.717) is 22.6 Å². The van der Waals surface area contributed by atoms with E-state index in [0.717, 1.165) is 0 Å². The number of alkyl carbamates (subject to hydrolysis) is 1. The van der Waals surface area contributed by atoms with Crippen molar-refractivity contribution in [3.05, 3.63) is 82.4 Å². The van der Waals surface area contributed by atoms with Crippen molar-refractivity contribution < 1.29 is 22.7 Å². The van der Waals surface area contributed by atoms with Gasteiger partial charge in [-0.1, -0.05) is 30.3 Å². The number of pyridine rings is 1. The van der Waals surface area contributed by atoms with Crippen LogP contribution in [0.2, 0.25) is 0 Å². The first kappa shape index (κ1) is 25.6. The van der Waals surface area contributed by atoms with Gasteiger partial charge in [-0.3, -0.25) is 14.3 Å². The van der Waals surface area contributed by atoms with Gasteiger partial charge in [0.1, 0.15) is 11.4 Å². The third kappa shape index (κ3) is 6.40. The van der Waals surface area contributed by atoms with E-state index in [1.54, 1.807) is 32.9 Å². The van der Waals surface area contributed by atoms with Gasteiger partial charge in [0, 0.05) is 18.0 Å². The minimum absolute atomic E-state index is 0.0583. The number of halogens is 2. The molecule has 0 spiro atoms. The minimum Gasteiger partial charge on any atom is -0.444 e. The fourth-order valence-corrected chi connectivity index (χ4v) is 3.35. The summed E-state index contributed by atoms with van der Waals surface area (Å²) in [6.07, 6.45) is -0.710. The Hall–Kier alpha value is -4.48. The van der Waals surface area contributed by atoms with Gasteiger partial charge >= 0.3 is 12.5 Å². The highest BCUT2D eigenvalue weighted by Crippen LogP contribution is 2.23. The molecule has 0 bridgehead atoms. The molecule has 37 heavy (non-hydrogen) atoms. The number of nitrogens with zero attached hydrogens (tertiary/aromatic N) is 5. The molecule has 0 aliphatic heterocycles. The Morgan fingerprint density at radius 3 is 2.43 bits per heavy atom. The number of rotatable bonds is 7. The molecule has 0 unspecified atom stereocenters. The van der Waals surface area contributed by atoms with Crippen LogP contribution in [0.5, 0.6) is 0 Å². The average molecular weight is 511 g/mol. The van der Waals surface area contributed by atoms with Gasteiger partial charge in [0.05, 0.1) is 29.9 Å². The third-order valence-corrected chi connectivity index (χ3v) is 4.99. The van der Waals surface area contributed by atoms with Crippen LogP contribution in [0, 0.1) is 0 Å². The second kappa shape index (κ2) is 10.6. The summed E-state index contributed by atoms with van der Waals surface area (Å²) in [6.45, 7) is 5.20. The Balaban J connectivity index is 1.62. The van der Waals surface area contributed by atoms with Crippen molar-refractivity contribution in [2.24, 2.45) is 0 Å². The summed E-state index contributed by atoms with van der Waals surface area (Å²) in [6, 6.07) is 12.4. The van der Waals surface area contributed by atoms with Crippen LogP contribution in [0.25, 0.3) is 22.8 Å². The van der Waals surface area contributed by atoms with E-state index in [1.807, 2.05) is 30.3 Å². The van der Waals surface area contributed by atoms with Gasteiger partial charge in [-0.15, -0.1) is 10.2 Å². The summed E-state index contributed by atoms with van der Waals surface area (Å²) < 4.78 is 37.1. The molecule has 4 rings (SSSR count). The number of ether oxygens (including phenoxy) is 1. The zero-order valence-electron chi connectivity index (χ0n) is 20.3. The Labute approximate surface area is 210 Å². The number of carbonyl (C=O) groups is 1. The summed E-state index contributed by atoms with van der Waals surface area (Å²) in [4.78, 5) is 34.3. The molecular formula is C25H24F2N6O4. The summed E-state index contributed by atoms with van der Waals surface area (Å²) in [5, 5.41) is 9.50. The molecule has 10 nitrogen and oxygen atoms in total. The van der Waals surface area contributed by atoms with Crippen molar-refractivity contribution in [1.82, 2.24) is 30.0 Å². The van der Waals surface area contributed by atoms with Crippen LogP contribution >= 0.6 is 0 Å². The largest absolute Gasteiger partial charge is 0.444 e. The Bertz CT molecular complexity index is 1430. The highest BCUT2D eigenvalue weighted by atomic mass is 19.3. The van der Waals surface area contributed by atoms with Crippen LogP contribution in [0.1, 0.15) is 44.3 Å². The predicted octanol–water partition coefficient (Wildman–Crippen LogP) is 4.37. The van der Waals surface area contributed by atoms with Gasteiger partial charge in [0.15, 0.2) is 0 Å². The van der Waals surface area contributed by atoms with Gasteiger partial charge in [0.25, 0.3) is 11.4 Å². The maximum Gasteiger partial charge on any atom is 0.407 e. The molecule has 0 saturated carbocycles. The number of benzene rings is 1. The molecule has 3 heterocycles. The molecule has 0 fully saturated rings. The van der Waals surface area contributed by atoms with Crippen LogP contribution in [0.3, 0.4) is 0 Å². The van der Waals surface area contributed by atoms with Crippen molar-refractivity contribution >= 4 is 6.09 Å². The van der Waals surface area contributed by atoms with Gasteiger partial charge < -0.3 is 14.5 Å². The first-order valence-corrected chi connectivity index (χ1v) is 11.3. The summed E-state index contributed by atoms with van der Waals surface area (Å²) in [7, 11) is 0. The maximum absolute atomic E-state index is 13.4. The van der Waals surface area contributed by atoms with Crippen molar-refractivity contribution in [1.29, 1.82) is 0 Å². The third-order valence-electron chi connectivity index (χ3n) is 4.99. The predicted molar refractivity (Wildman–Crippen MR) is 129 cm³/mol. The minimum atomic E-state index is -2.87. The van der Waals surface area contributed by atoms with Crippen molar-refractivity contribution in [3.8, 4) is 22.8 Å². The van der Waals surface area contributed by atoms with Crippen molar-refractivity contribution in [2.75, 3.05) is 0 Å². The monoisotopic (exact) mass is 510 g/mol. The van der Waals surface area contributed by atoms with E-state index < -0.39 is 24.0 Å². The number of carbonyl (C=O) groups excluding carboxylic acids is 1. The van der Waals surface area contributed by atoms with Crippen LogP contribution in [0.4, 0.5) is 13.6 Å². The smallest absolute Gasteiger partial charge is 0.407 e. The SMILES string of the molecule is CC(C)(C)OC(=O)NCc1cnc(-c2ccccc2)n(Cc2ccc(-c3nnc(C(F)F)o3)cn2)c1=O. The summed E-state index contributed by atoms with van der Waals surface area (Å²) in [5.41, 5.74) is 0.776. The van der Waals surface area contributed by atoms with Crippen molar-refractivity contribution in [3.63, 3.8) is 0 Å². The second-order valence-corrected chi connectivity index (χ2v) is 9.00. The van der Waals surface area contributed by atoms with E-state index >= 15 is 0 Å². The number of hydrogen-bond acceptors (Lipinski definition) is 8. The normalized spacial score (nSPS) is 11.5. The van der Waals surface area contributed by atoms with Crippen LogP contribution in [-0.2, 0) is 17.8 Å². The fraction of sp³-hybridized carbons (Fsp3) is 0.280. The lowest BCUT2D eigenvalue weighted by Crippen LogP contribution is -2.35. The summed E-state index contributed by atoms with van der Waals surface area (Å²) >= 11 is 0. The number of amides is 1. The van der Waals surface area contributed by atoms with Crippen LogP contribution < -0.4 is 10.9 Å². The Morgan fingerprint density at radius 1 is 1.05 bits per heavy atom. The molecule has 1 aromatic carbocycles. The molecule has 0 saturated heterocycles. The molecule has 1 N–H and O–H groups in total. The first-order valence-electron chi connectivity index (χ1n) is 11.3. The molecule has 192 valence electrons. The topological polar surface area (TPSA) is 125 Å². The number of nitrogens with one attached hydrogen (secondary N) is 1. The molecule has 0 aliphatic carbocycles. The lowest BCUT2D eigenvalue weighted by atomic mass is 10.2. The highest BCUT2D eigenvalue weighted by Gasteiger charge is 2.19. The number of aromatic nitrogens is 5. The second-order valence-electron chi connectivity index (χ2n) is 9.00. The molecule has 3 aromatic heterocycles. The van der Waals surface area contributed by atoms with E-state index in [1.165, 1.54) is 17.0 Å². The van der Waals surface area contributed by atoms with Gasteiger partial charge in [-0.2, -0.15) is 8.78 Å². The number of hydrogen-bond donors (Lipinski definition) is 1. The molecule has 4 aromatic rings. The van der Waals surface area contributed by atoms with E-state index in [-0.39, 0.29) is 30.1 Å². The quantitative estimate of drug-likeness (QED) is 0.389. The summed E-state index contributed by atoms with van der Waals surface area (Å²) in [5.74, 6) is -0.453. The molecule has 0 radical (unpaired) electrons. The lowest BCUT2D eigenvalue weighted by molar-refractivity contribution is 0.0523. The standard InChI is InChI=1S/C25H24F2N6O4/c1-25(2,3)37-24(35)30-13-17-12-29-20(15-7-5-4-6-8-15)33(23(17)34)14-18-10-9-16(11-28-18)21-31-32-22(36-21)19(26)27/h4-12,19H,13-14H2,1-3H3,(H,30,35). The zero-order valence-corrected chi connectivity index (χ0v) is 20.3. The lowest BCUT2D eigenvalue weighted by Gasteiger charge is -2.20. The van der Waals surface area contributed by atoms with E-state index in [9.17, 15) is 18.4 Å². The zero-order chi connectivity index (χ0) is 26.6. The maximum atomic E-state index is 13.4. The van der Waals surface area contributed by atoms with E-state index in [2.05, 4.69) is 25.5 Å². The molecular weight excluding hydrogens is 486 g/mol.